The molecule has 0 aromatic heterocycles. The zero-order valence-corrected chi connectivity index (χ0v) is 9.30. The van der Waals surface area contributed by atoms with Crippen LogP contribution in [-0.2, 0) is 14.8 Å². The normalized spacial score (nSPS) is 12.4. The van der Waals surface area contributed by atoms with Gasteiger partial charge in [-0.3, -0.25) is 0 Å². The van der Waals surface area contributed by atoms with Gasteiger partial charge < -0.3 is 4.74 Å². The van der Waals surface area contributed by atoms with Gasteiger partial charge in [-0.1, -0.05) is 0 Å². The topological polar surface area (TPSA) is 63.7 Å². The molecular formula is C7H15NO4S. The molecule has 0 aromatic rings. The van der Waals surface area contributed by atoms with Crippen LogP contribution in [0.1, 0.15) is 20.8 Å². The molecule has 0 N–H and O–H groups in total. The van der Waals surface area contributed by atoms with E-state index in [4.69, 9.17) is 4.74 Å². The number of hydrogen-bond donors (Lipinski definition) is 0. The third-order valence-corrected chi connectivity index (χ3v) is 2.29. The van der Waals surface area contributed by atoms with Crippen molar-refractivity contribution in [3.05, 3.63) is 0 Å². The second-order valence-corrected chi connectivity index (χ2v) is 5.72. The molecule has 0 aliphatic rings. The van der Waals surface area contributed by atoms with Gasteiger partial charge in [0.2, 0.25) is 10.0 Å². The maximum atomic E-state index is 11.1. The number of carbonyl (C=O) groups excluding carboxylic acids is 1. The summed E-state index contributed by atoms with van der Waals surface area (Å²) in [4.78, 5) is 11.1. The van der Waals surface area contributed by atoms with Crippen LogP contribution in [0.3, 0.4) is 0 Å². The fourth-order valence-electron chi connectivity index (χ4n) is 0.462. The minimum absolute atomic E-state index is 0.568. The fraction of sp³-hybridized carbons (Fsp3) is 0.857. The van der Waals surface area contributed by atoms with Crippen LogP contribution in [0.5, 0.6) is 0 Å². The molecule has 0 unspecified atom stereocenters. The highest BCUT2D eigenvalue weighted by Gasteiger charge is 2.24. The zero-order valence-electron chi connectivity index (χ0n) is 8.49. The third kappa shape index (κ3) is 4.72. The summed E-state index contributed by atoms with van der Waals surface area (Å²) in [5.74, 6) is 0. The molecule has 5 nitrogen and oxygen atoms in total. The van der Waals surface area contributed by atoms with Crippen LogP contribution in [0.15, 0.2) is 0 Å². The third-order valence-electron chi connectivity index (χ3n) is 1.15. The molecule has 0 aliphatic carbocycles. The predicted octanol–water partition coefficient (Wildman–Crippen LogP) is 0.813. The van der Waals surface area contributed by atoms with Crippen LogP contribution in [0, 0.1) is 0 Å². The Labute approximate surface area is 78.7 Å². The lowest BCUT2D eigenvalue weighted by Crippen LogP contribution is -2.37. The monoisotopic (exact) mass is 209 g/mol. The lowest BCUT2D eigenvalue weighted by Gasteiger charge is -2.23. The van der Waals surface area contributed by atoms with E-state index in [9.17, 15) is 13.2 Å². The number of nitrogens with zero attached hydrogens (tertiary/aromatic N) is 1. The van der Waals surface area contributed by atoms with E-state index in [0.29, 0.717) is 4.31 Å². The summed E-state index contributed by atoms with van der Waals surface area (Å²) in [6.07, 6.45) is 0.0756. The van der Waals surface area contributed by atoms with Crippen molar-refractivity contribution in [2.24, 2.45) is 0 Å². The van der Waals surface area contributed by atoms with Gasteiger partial charge in [0.1, 0.15) is 5.60 Å². The molecule has 0 rings (SSSR count). The van der Waals surface area contributed by atoms with Gasteiger partial charge >= 0.3 is 6.09 Å². The van der Waals surface area contributed by atoms with Crippen molar-refractivity contribution >= 4 is 16.1 Å². The molecule has 78 valence electrons. The molecule has 13 heavy (non-hydrogen) atoms. The number of rotatable bonds is 1. The summed E-state index contributed by atoms with van der Waals surface area (Å²) < 4.78 is 27.2. The van der Waals surface area contributed by atoms with E-state index in [1.54, 1.807) is 20.8 Å². The predicted molar refractivity (Wildman–Crippen MR) is 48.8 cm³/mol. The second-order valence-electron chi connectivity index (χ2n) is 3.71. The molecule has 0 heterocycles. The maximum Gasteiger partial charge on any atom is 0.423 e. The van der Waals surface area contributed by atoms with Crippen molar-refractivity contribution in [2.45, 2.75) is 26.4 Å². The Balaban J connectivity index is 4.48. The molecule has 0 saturated carbocycles. The first kappa shape index (κ1) is 12.2. The van der Waals surface area contributed by atoms with Crippen LogP contribution in [0.2, 0.25) is 0 Å². The molecule has 0 bridgehead atoms. The van der Waals surface area contributed by atoms with Crippen molar-refractivity contribution < 1.29 is 17.9 Å². The van der Waals surface area contributed by atoms with Gasteiger partial charge in [0.15, 0.2) is 0 Å². The van der Waals surface area contributed by atoms with Gasteiger partial charge in [0.05, 0.1) is 6.26 Å². The van der Waals surface area contributed by atoms with Crippen LogP contribution >= 0.6 is 0 Å². The summed E-state index contributed by atoms with van der Waals surface area (Å²) in [7, 11) is -2.36. The Bertz CT molecular complexity index is 288. The Kier molecular flexibility index (Phi) is 3.32. The molecule has 0 saturated heterocycles. The van der Waals surface area contributed by atoms with Crippen molar-refractivity contribution in [1.29, 1.82) is 0 Å². The second kappa shape index (κ2) is 3.53. The smallest absolute Gasteiger partial charge is 0.423 e. The largest absolute Gasteiger partial charge is 0.443 e. The first-order valence-electron chi connectivity index (χ1n) is 3.71. The maximum absolute atomic E-state index is 11.1. The van der Waals surface area contributed by atoms with Gasteiger partial charge in [-0.15, -0.1) is 0 Å². The Morgan fingerprint density at radius 2 is 1.69 bits per heavy atom. The van der Waals surface area contributed by atoms with Gasteiger partial charge in [-0.2, -0.15) is 0 Å². The molecule has 0 spiro atoms. The van der Waals surface area contributed by atoms with Gasteiger partial charge in [0, 0.05) is 7.05 Å². The van der Waals surface area contributed by atoms with Gasteiger partial charge in [-0.25, -0.2) is 17.5 Å². The molecule has 0 radical (unpaired) electrons. The van der Waals surface area contributed by atoms with Crippen molar-refractivity contribution in [2.75, 3.05) is 13.3 Å². The van der Waals surface area contributed by atoms with Gasteiger partial charge in [-0.05, 0) is 20.8 Å². The van der Waals surface area contributed by atoms with E-state index in [1.165, 1.54) is 0 Å². The minimum Gasteiger partial charge on any atom is -0.443 e. The van der Waals surface area contributed by atoms with E-state index in [1.807, 2.05) is 0 Å². The SMILES string of the molecule is CN(C(=O)OC(C)(C)C)S(C)(=O)=O. The van der Waals surface area contributed by atoms with Gasteiger partial charge in [0.25, 0.3) is 0 Å². The average molecular weight is 209 g/mol. The zero-order chi connectivity index (χ0) is 10.9. The molecule has 6 heteroatoms. The van der Waals surface area contributed by atoms with E-state index in [2.05, 4.69) is 0 Å². The number of amides is 1. The highest BCUT2D eigenvalue weighted by Crippen LogP contribution is 2.10. The standard InChI is InChI=1S/C7H15NO4S/c1-7(2,3)12-6(9)8(4)13(5,10)11/h1-5H3. The van der Waals surface area contributed by atoms with E-state index in [0.717, 1.165) is 13.3 Å². The highest BCUT2D eigenvalue weighted by molar-refractivity contribution is 7.88. The first-order chi connectivity index (χ1) is 5.54. The molecular weight excluding hydrogens is 194 g/mol. The van der Waals surface area contributed by atoms with E-state index >= 15 is 0 Å². The van der Waals surface area contributed by atoms with E-state index in [-0.39, 0.29) is 0 Å². The summed E-state index contributed by atoms with van der Waals surface area (Å²) in [6.45, 7) is 5.00. The highest BCUT2D eigenvalue weighted by atomic mass is 32.2. The summed E-state index contributed by atoms with van der Waals surface area (Å²) in [5, 5.41) is 0. The molecule has 0 aromatic carbocycles. The van der Waals surface area contributed by atoms with Crippen LogP contribution < -0.4 is 0 Å². The Hall–Kier alpha value is -0.780. The summed E-state index contributed by atoms with van der Waals surface area (Å²) in [6, 6.07) is 0. The van der Waals surface area contributed by atoms with Crippen LogP contribution in [-0.4, -0.2) is 37.7 Å². The molecule has 1 amide bonds. The molecule has 0 atom stereocenters. The molecule has 0 fully saturated rings. The lowest BCUT2D eigenvalue weighted by molar-refractivity contribution is 0.0421. The van der Waals surface area contributed by atoms with Crippen molar-refractivity contribution in [3.63, 3.8) is 0 Å². The quantitative estimate of drug-likeness (QED) is 0.641. The lowest BCUT2D eigenvalue weighted by atomic mass is 10.2. The van der Waals surface area contributed by atoms with E-state index < -0.39 is 21.7 Å². The first-order valence-corrected chi connectivity index (χ1v) is 5.56. The van der Waals surface area contributed by atoms with Crippen molar-refractivity contribution in [1.82, 2.24) is 4.31 Å². The fourth-order valence-corrected chi connectivity index (χ4v) is 0.770. The number of ether oxygens (including phenoxy) is 1. The number of sulfonamides is 1. The average Bonchev–Trinajstić information content (AvgIpc) is 1.79. The Morgan fingerprint density at radius 1 is 1.31 bits per heavy atom. The molecule has 0 aliphatic heterocycles. The Morgan fingerprint density at radius 3 is 1.92 bits per heavy atom. The number of hydrogen-bond acceptors (Lipinski definition) is 4. The number of carbonyl (C=O) groups is 1. The minimum atomic E-state index is -3.52. The van der Waals surface area contributed by atoms with Crippen LogP contribution in [0.25, 0.3) is 0 Å². The van der Waals surface area contributed by atoms with Crippen LogP contribution in [0.4, 0.5) is 4.79 Å². The summed E-state index contributed by atoms with van der Waals surface area (Å²) >= 11 is 0. The summed E-state index contributed by atoms with van der Waals surface area (Å²) in [5.41, 5.74) is -0.684. The van der Waals surface area contributed by atoms with Crippen molar-refractivity contribution in [3.8, 4) is 0 Å².